The van der Waals surface area contributed by atoms with Gasteiger partial charge >= 0.3 is 0 Å². The average Bonchev–Trinajstić information content (AvgIpc) is 2.19. The number of ether oxygens (including phenoxy) is 2. The second-order valence-corrected chi connectivity index (χ2v) is 3.77. The van der Waals surface area contributed by atoms with Crippen molar-refractivity contribution in [1.82, 2.24) is 0 Å². The van der Waals surface area contributed by atoms with E-state index in [1.54, 1.807) is 0 Å². The van der Waals surface area contributed by atoms with E-state index in [0.29, 0.717) is 13.2 Å². The normalized spacial score (nSPS) is 14.3. The van der Waals surface area contributed by atoms with Crippen LogP contribution < -0.4 is 9.47 Å². The van der Waals surface area contributed by atoms with Crippen LogP contribution in [0.25, 0.3) is 0 Å². The van der Waals surface area contributed by atoms with Crippen molar-refractivity contribution in [3.8, 4) is 11.5 Å². The van der Waals surface area contributed by atoms with Crippen molar-refractivity contribution in [2.45, 2.75) is 13.3 Å². The van der Waals surface area contributed by atoms with E-state index in [4.69, 9.17) is 9.47 Å². The van der Waals surface area contributed by atoms with Crippen molar-refractivity contribution in [2.75, 3.05) is 13.2 Å². The van der Waals surface area contributed by atoms with E-state index in [0.717, 1.165) is 22.4 Å². The smallest absolute Gasteiger partial charge is 0.175 e. The molecule has 0 amide bonds. The van der Waals surface area contributed by atoms with E-state index in [1.807, 2.05) is 6.07 Å². The molecule has 2 nitrogen and oxygen atoms in total. The molecule has 0 radical (unpaired) electrons. The number of rotatable bonds is 1. The van der Waals surface area contributed by atoms with Crippen molar-refractivity contribution in [3.63, 3.8) is 0 Å². The molecule has 3 heteroatoms. The first kappa shape index (κ1) is 8.88. The third-order valence-corrected chi connectivity index (χ3v) is 2.73. The van der Waals surface area contributed by atoms with Gasteiger partial charge in [-0.15, -0.1) is 0 Å². The minimum atomic E-state index is 0.638. The number of hydrogen-bond donors (Lipinski definition) is 0. The maximum atomic E-state index is 5.57. The van der Waals surface area contributed by atoms with Gasteiger partial charge in [0.2, 0.25) is 0 Å². The van der Waals surface area contributed by atoms with Crippen molar-refractivity contribution in [1.29, 1.82) is 0 Å². The van der Waals surface area contributed by atoms with E-state index in [2.05, 4.69) is 28.9 Å². The van der Waals surface area contributed by atoms with Crippen LogP contribution in [0.4, 0.5) is 0 Å². The van der Waals surface area contributed by atoms with E-state index >= 15 is 0 Å². The molecule has 0 aromatic heterocycles. The Balaban J connectivity index is 2.52. The SMILES string of the molecule is CCc1ccc(Br)c2c1OCCO2. The van der Waals surface area contributed by atoms with Crippen LogP contribution in [0.15, 0.2) is 16.6 Å². The second-order valence-electron chi connectivity index (χ2n) is 2.92. The van der Waals surface area contributed by atoms with Gasteiger partial charge in [0.25, 0.3) is 0 Å². The lowest BCUT2D eigenvalue weighted by atomic mass is 10.1. The van der Waals surface area contributed by atoms with Crippen LogP contribution in [-0.2, 0) is 6.42 Å². The van der Waals surface area contributed by atoms with Gasteiger partial charge in [-0.25, -0.2) is 0 Å². The number of hydrogen-bond acceptors (Lipinski definition) is 2. The summed E-state index contributed by atoms with van der Waals surface area (Å²) in [6, 6.07) is 4.07. The van der Waals surface area contributed by atoms with E-state index in [1.165, 1.54) is 5.56 Å². The summed E-state index contributed by atoms with van der Waals surface area (Å²) >= 11 is 3.44. The van der Waals surface area contributed by atoms with Gasteiger partial charge in [-0.05, 0) is 34.0 Å². The fourth-order valence-corrected chi connectivity index (χ4v) is 1.86. The zero-order valence-corrected chi connectivity index (χ0v) is 9.06. The van der Waals surface area contributed by atoms with Crippen molar-refractivity contribution >= 4 is 15.9 Å². The Labute approximate surface area is 86.0 Å². The molecule has 2 rings (SSSR count). The summed E-state index contributed by atoms with van der Waals surface area (Å²) in [5.74, 6) is 1.76. The predicted octanol–water partition coefficient (Wildman–Crippen LogP) is 2.78. The molecule has 70 valence electrons. The summed E-state index contributed by atoms with van der Waals surface area (Å²) in [5, 5.41) is 0. The molecular formula is C10H11BrO2. The van der Waals surface area contributed by atoms with Crippen LogP contribution in [0, 0.1) is 0 Å². The first-order valence-corrected chi connectivity index (χ1v) is 5.19. The maximum Gasteiger partial charge on any atom is 0.175 e. The van der Waals surface area contributed by atoms with Gasteiger partial charge < -0.3 is 9.47 Å². The summed E-state index contributed by atoms with van der Waals surface area (Å²) in [6.45, 7) is 3.40. The monoisotopic (exact) mass is 242 g/mol. The standard InChI is InChI=1S/C10H11BrO2/c1-2-7-3-4-8(11)10-9(7)12-5-6-13-10/h3-4H,2,5-6H2,1H3. The molecule has 0 aliphatic carbocycles. The Morgan fingerprint density at radius 2 is 1.92 bits per heavy atom. The highest BCUT2D eigenvalue weighted by Crippen LogP contribution is 2.40. The fraction of sp³-hybridized carbons (Fsp3) is 0.400. The second kappa shape index (κ2) is 3.58. The molecule has 0 fully saturated rings. The summed E-state index contributed by atoms with van der Waals surface area (Å²) in [5.41, 5.74) is 1.21. The molecule has 1 heterocycles. The Bertz CT molecular complexity index is 323. The highest BCUT2D eigenvalue weighted by Gasteiger charge is 2.17. The van der Waals surface area contributed by atoms with E-state index in [9.17, 15) is 0 Å². The lowest BCUT2D eigenvalue weighted by Gasteiger charge is -2.21. The Kier molecular flexibility index (Phi) is 2.44. The van der Waals surface area contributed by atoms with Crippen molar-refractivity contribution in [2.24, 2.45) is 0 Å². The Hall–Kier alpha value is -0.700. The lowest BCUT2D eigenvalue weighted by molar-refractivity contribution is 0.169. The van der Waals surface area contributed by atoms with Crippen LogP contribution >= 0.6 is 15.9 Å². The third-order valence-electron chi connectivity index (χ3n) is 2.10. The third kappa shape index (κ3) is 1.53. The van der Waals surface area contributed by atoms with Gasteiger partial charge in [0, 0.05) is 0 Å². The number of halogens is 1. The molecule has 1 aromatic carbocycles. The van der Waals surface area contributed by atoms with Gasteiger partial charge in [0.1, 0.15) is 13.2 Å². The van der Waals surface area contributed by atoms with Gasteiger partial charge in [-0.2, -0.15) is 0 Å². The molecule has 0 saturated carbocycles. The van der Waals surface area contributed by atoms with E-state index in [-0.39, 0.29) is 0 Å². The predicted molar refractivity (Wildman–Crippen MR) is 54.5 cm³/mol. The van der Waals surface area contributed by atoms with Gasteiger partial charge in [-0.1, -0.05) is 13.0 Å². The Morgan fingerprint density at radius 1 is 1.23 bits per heavy atom. The summed E-state index contributed by atoms with van der Waals surface area (Å²) in [6.07, 6.45) is 0.971. The molecule has 13 heavy (non-hydrogen) atoms. The van der Waals surface area contributed by atoms with Crippen LogP contribution in [0.1, 0.15) is 12.5 Å². The lowest BCUT2D eigenvalue weighted by Crippen LogP contribution is -2.16. The minimum Gasteiger partial charge on any atom is -0.486 e. The van der Waals surface area contributed by atoms with Gasteiger partial charge in [0.15, 0.2) is 11.5 Å². The van der Waals surface area contributed by atoms with Crippen LogP contribution in [0.3, 0.4) is 0 Å². The van der Waals surface area contributed by atoms with Crippen molar-refractivity contribution in [3.05, 3.63) is 22.2 Å². The van der Waals surface area contributed by atoms with Crippen LogP contribution in [0.5, 0.6) is 11.5 Å². The zero-order chi connectivity index (χ0) is 9.26. The zero-order valence-electron chi connectivity index (χ0n) is 7.47. The maximum absolute atomic E-state index is 5.57. The minimum absolute atomic E-state index is 0.638. The van der Waals surface area contributed by atoms with Crippen LogP contribution in [-0.4, -0.2) is 13.2 Å². The van der Waals surface area contributed by atoms with Crippen molar-refractivity contribution < 1.29 is 9.47 Å². The molecule has 0 atom stereocenters. The number of benzene rings is 1. The molecule has 0 N–H and O–H groups in total. The quantitative estimate of drug-likeness (QED) is 0.755. The summed E-state index contributed by atoms with van der Waals surface area (Å²) in [4.78, 5) is 0. The number of fused-ring (bicyclic) bond motifs is 1. The van der Waals surface area contributed by atoms with E-state index < -0.39 is 0 Å². The fourth-order valence-electron chi connectivity index (χ4n) is 1.44. The largest absolute Gasteiger partial charge is 0.486 e. The highest BCUT2D eigenvalue weighted by atomic mass is 79.9. The molecule has 0 spiro atoms. The molecule has 1 aliphatic heterocycles. The molecule has 0 bridgehead atoms. The molecule has 0 saturated heterocycles. The topological polar surface area (TPSA) is 18.5 Å². The van der Waals surface area contributed by atoms with Gasteiger partial charge in [0.05, 0.1) is 4.47 Å². The van der Waals surface area contributed by atoms with Crippen LogP contribution in [0.2, 0.25) is 0 Å². The summed E-state index contributed by atoms with van der Waals surface area (Å²) < 4.78 is 12.1. The first-order valence-electron chi connectivity index (χ1n) is 4.40. The summed E-state index contributed by atoms with van der Waals surface area (Å²) in [7, 11) is 0. The molecule has 1 aromatic rings. The Morgan fingerprint density at radius 3 is 2.62 bits per heavy atom. The molecular weight excluding hydrogens is 232 g/mol. The highest BCUT2D eigenvalue weighted by molar-refractivity contribution is 9.10. The molecule has 0 unspecified atom stereocenters. The molecule has 1 aliphatic rings. The van der Waals surface area contributed by atoms with Gasteiger partial charge in [-0.3, -0.25) is 0 Å². The number of aryl methyl sites for hydroxylation is 1. The average molecular weight is 243 g/mol. The first-order chi connectivity index (χ1) is 6.33.